The molecule has 32 heavy (non-hydrogen) atoms. The maximum Gasteiger partial charge on any atom is 0.261 e. The van der Waals surface area contributed by atoms with Gasteiger partial charge < -0.3 is 10.6 Å². The number of hydrogen-bond donors (Lipinski definition) is 3. The Kier molecular flexibility index (Phi) is 7.79. The van der Waals surface area contributed by atoms with Crippen LogP contribution in [0.25, 0.3) is 0 Å². The summed E-state index contributed by atoms with van der Waals surface area (Å²) in [7, 11) is -4.11. The summed E-state index contributed by atoms with van der Waals surface area (Å²) in [5.41, 5.74) is 0.584. The van der Waals surface area contributed by atoms with Crippen molar-refractivity contribution < 1.29 is 26.8 Å². The second kappa shape index (κ2) is 10.5. The molecule has 2 aromatic carbocycles. The summed E-state index contributed by atoms with van der Waals surface area (Å²) in [6.07, 6.45) is 6.03. The molecule has 3 rings (SSSR count). The SMILES string of the molecule is O=C(CC1CCCCC1)NCC(=O)Nc1ccc(NS(=O)(=O)c2ccc(F)c(F)c2)cc1. The molecule has 1 aliphatic carbocycles. The third kappa shape index (κ3) is 6.74. The van der Waals surface area contributed by atoms with Gasteiger partial charge in [-0.1, -0.05) is 19.3 Å². The van der Waals surface area contributed by atoms with Crippen molar-refractivity contribution in [3.8, 4) is 0 Å². The molecule has 2 amide bonds. The fourth-order valence-corrected chi connectivity index (χ4v) is 4.66. The number of carbonyl (C=O) groups is 2. The quantitative estimate of drug-likeness (QED) is 0.552. The molecule has 0 saturated heterocycles. The summed E-state index contributed by atoms with van der Waals surface area (Å²) in [6, 6.07) is 8.06. The Bertz CT molecular complexity index is 1070. The zero-order valence-corrected chi connectivity index (χ0v) is 18.2. The van der Waals surface area contributed by atoms with Gasteiger partial charge >= 0.3 is 0 Å². The molecular weight excluding hydrogens is 440 g/mol. The minimum atomic E-state index is -4.11. The van der Waals surface area contributed by atoms with E-state index in [4.69, 9.17) is 0 Å². The van der Waals surface area contributed by atoms with Crippen molar-refractivity contribution in [2.45, 2.75) is 43.4 Å². The summed E-state index contributed by atoms with van der Waals surface area (Å²) in [5.74, 6) is -2.58. The topological polar surface area (TPSA) is 104 Å². The summed E-state index contributed by atoms with van der Waals surface area (Å²) in [4.78, 5) is 23.6. The number of nitrogens with one attached hydrogen (secondary N) is 3. The lowest BCUT2D eigenvalue weighted by Crippen LogP contribution is -2.34. The zero-order valence-electron chi connectivity index (χ0n) is 17.4. The predicted octanol–water partition coefficient (Wildman–Crippen LogP) is 3.79. The zero-order chi connectivity index (χ0) is 23.1. The van der Waals surface area contributed by atoms with E-state index in [-0.39, 0.29) is 18.1 Å². The molecular formula is C22H25F2N3O4S. The van der Waals surface area contributed by atoms with Gasteiger partial charge in [0.05, 0.1) is 11.4 Å². The van der Waals surface area contributed by atoms with E-state index in [1.807, 2.05) is 0 Å². The monoisotopic (exact) mass is 465 g/mol. The third-order valence-corrected chi connectivity index (χ3v) is 6.65. The summed E-state index contributed by atoms with van der Waals surface area (Å²) in [5, 5.41) is 5.23. The van der Waals surface area contributed by atoms with E-state index in [0.717, 1.165) is 37.8 Å². The molecule has 0 aliphatic heterocycles. The van der Waals surface area contributed by atoms with Gasteiger partial charge in [-0.05, 0) is 61.2 Å². The first-order chi connectivity index (χ1) is 15.2. The maximum atomic E-state index is 13.3. The average molecular weight is 466 g/mol. The van der Waals surface area contributed by atoms with Crippen LogP contribution >= 0.6 is 0 Å². The molecule has 7 nitrogen and oxygen atoms in total. The van der Waals surface area contributed by atoms with Crippen LogP contribution in [0.5, 0.6) is 0 Å². The van der Waals surface area contributed by atoms with Crippen molar-refractivity contribution in [3.63, 3.8) is 0 Å². The molecule has 0 unspecified atom stereocenters. The van der Waals surface area contributed by atoms with Crippen LogP contribution in [0, 0.1) is 17.6 Å². The van der Waals surface area contributed by atoms with Crippen molar-refractivity contribution in [1.82, 2.24) is 5.32 Å². The molecule has 10 heteroatoms. The Labute approximate surface area is 185 Å². The summed E-state index contributed by atoms with van der Waals surface area (Å²) >= 11 is 0. The highest BCUT2D eigenvalue weighted by Crippen LogP contribution is 2.26. The van der Waals surface area contributed by atoms with Crippen molar-refractivity contribution in [3.05, 3.63) is 54.1 Å². The van der Waals surface area contributed by atoms with Gasteiger partial charge in [0.2, 0.25) is 11.8 Å². The van der Waals surface area contributed by atoms with Gasteiger partial charge in [-0.3, -0.25) is 14.3 Å². The first-order valence-electron chi connectivity index (χ1n) is 10.4. The Morgan fingerprint density at radius 3 is 2.19 bits per heavy atom. The average Bonchev–Trinajstić information content (AvgIpc) is 2.76. The molecule has 0 heterocycles. The molecule has 0 spiro atoms. The van der Waals surface area contributed by atoms with Crippen LogP contribution in [0.15, 0.2) is 47.4 Å². The minimum absolute atomic E-state index is 0.144. The maximum absolute atomic E-state index is 13.3. The lowest BCUT2D eigenvalue weighted by atomic mass is 9.87. The fourth-order valence-electron chi connectivity index (χ4n) is 3.59. The van der Waals surface area contributed by atoms with Crippen molar-refractivity contribution in [2.24, 2.45) is 5.92 Å². The Morgan fingerprint density at radius 2 is 1.53 bits per heavy atom. The van der Waals surface area contributed by atoms with E-state index in [0.29, 0.717) is 24.1 Å². The lowest BCUT2D eigenvalue weighted by molar-refractivity contribution is -0.125. The number of anilines is 2. The van der Waals surface area contributed by atoms with Gasteiger partial charge in [0.15, 0.2) is 11.6 Å². The Balaban J connectivity index is 1.48. The number of sulfonamides is 1. The van der Waals surface area contributed by atoms with Gasteiger partial charge in [0.1, 0.15) is 0 Å². The molecule has 0 bridgehead atoms. The van der Waals surface area contributed by atoms with Crippen LogP contribution in [-0.2, 0) is 19.6 Å². The highest BCUT2D eigenvalue weighted by molar-refractivity contribution is 7.92. The first-order valence-corrected chi connectivity index (χ1v) is 11.9. The van der Waals surface area contributed by atoms with Gasteiger partial charge in [0, 0.05) is 17.8 Å². The van der Waals surface area contributed by atoms with E-state index in [9.17, 15) is 26.8 Å². The van der Waals surface area contributed by atoms with E-state index in [1.165, 1.54) is 30.7 Å². The fraction of sp³-hybridized carbons (Fsp3) is 0.364. The smallest absolute Gasteiger partial charge is 0.261 e. The van der Waals surface area contributed by atoms with Gasteiger partial charge in [-0.25, -0.2) is 17.2 Å². The van der Waals surface area contributed by atoms with Gasteiger partial charge in [-0.2, -0.15) is 0 Å². The van der Waals surface area contributed by atoms with Crippen LogP contribution in [0.1, 0.15) is 38.5 Å². The molecule has 1 fully saturated rings. The van der Waals surface area contributed by atoms with Crippen LogP contribution in [0.3, 0.4) is 0 Å². The Hall–Kier alpha value is -3.01. The van der Waals surface area contributed by atoms with Crippen LogP contribution in [0.2, 0.25) is 0 Å². The van der Waals surface area contributed by atoms with Gasteiger partial charge in [0.25, 0.3) is 10.0 Å². The van der Waals surface area contributed by atoms with Gasteiger partial charge in [-0.15, -0.1) is 0 Å². The van der Waals surface area contributed by atoms with E-state index < -0.39 is 32.5 Å². The molecule has 0 atom stereocenters. The summed E-state index contributed by atoms with van der Waals surface area (Å²) in [6.45, 7) is -0.157. The number of amides is 2. The van der Waals surface area contributed by atoms with Crippen molar-refractivity contribution >= 4 is 33.2 Å². The second-order valence-electron chi connectivity index (χ2n) is 7.79. The number of carbonyl (C=O) groups excluding carboxylic acids is 2. The van der Waals surface area contributed by atoms with Crippen molar-refractivity contribution in [1.29, 1.82) is 0 Å². The predicted molar refractivity (Wildman–Crippen MR) is 116 cm³/mol. The second-order valence-corrected chi connectivity index (χ2v) is 9.47. The standard InChI is InChI=1S/C22H25F2N3O4S/c23-19-11-10-18(13-20(19)24)32(30,31)27-17-8-6-16(7-9-17)26-22(29)14-25-21(28)12-15-4-2-1-3-5-15/h6-11,13,15,27H,1-5,12,14H2,(H,25,28)(H,26,29). The summed E-state index contributed by atoms with van der Waals surface area (Å²) < 4.78 is 53.2. The highest BCUT2D eigenvalue weighted by Gasteiger charge is 2.18. The normalized spacial score (nSPS) is 14.6. The molecule has 2 aromatic rings. The van der Waals surface area contributed by atoms with E-state index in [2.05, 4.69) is 15.4 Å². The molecule has 0 aromatic heterocycles. The first kappa shape index (κ1) is 23.6. The lowest BCUT2D eigenvalue weighted by Gasteiger charge is -2.20. The molecule has 3 N–H and O–H groups in total. The van der Waals surface area contributed by atoms with Crippen LogP contribution in [0.4, 0.5) is 20.2 Å². The number of halogens is 2. The minimum Gasteiger partial charge on any atom is -0.347 e. The third-order valence-electron chi connectivity index (χ3n) is 5.27. The largest absolute Gasteiger partial charge is 0.347 e. The number of hydrogen-bond acceptors (Lipinski definition) is 4. The van der Waals surface area contributed by atoms with Crippen LogP contribution < -0.4 is 15.4 Å². The highest BCUT2D eigenvalue weighted by atomic mass is 32.2. The molecule has 0 radical (unpaired) electrons. The number of benzene rings is 2. The molecule has 1 aliphatic rings. The Morgan fingerprint density at radius 1 is 0.875 bits per heavy atom. The molecule has 1 saturated carbocycles. The van der Waals surface area contributed by atoms with Crippen molar-refractivity contribution in [2.75, 3.05) is 16.6 Å². The van der Waals surface area contributed by atoms with E-state index >= 15 is 0 Å². The number of rotatable bonds is 8. The van der Waals surface area contributed by atoms with Crippen LogP contribution in [-0.4, -0.2) is 26.8 Å². The molecule has 172 valence electrons. The van der Waals surface area contributed by atoms with E-state index in [1.54, 1.807) is 0 Å².